The lowest BCUT2D eigenvalue weighted by atomic mass is 9.96. The van der Waals surface area contributed by atoms with E-state index in [9.17, 15) is 20.1 Å². The maximum absolute atomic E-state index is 13.1. The third kappa shape index (κ3) is 4.23. The number of nitriles is 1. The minimum Gasteiger partial charge on any atom is -0.507 e. The summed E-state index contributed by atoms with van der Waals surface area (Å²) >= 11 is 0. The van der Waals surface area contributed by atoms with Crippen LogP contribution in [0.5, 0.6) is 17.2 Å². The fourth-order valence-electron chi connectivity index (χ4n) is 3.39. The van der Waals surface area contributed by atoms with Crippen LogP contribution in [0.3, 0.4) is 0 Å². The van der Waals surface area contributed by atoms with Crippen molar-refractivity contribution >= 4 is 11.0 Å². The molecule has 3 aromatic rings. The van der Waals surface area contributed by atoms with Crippen LogP contribution in [0.25, 0.3) is 22.3 Å². The van der Waals surface area contributed by atoms with Gasteiger partial charge in [-0.25, -0.2) is 0 Å². The fourth-order valence-corrected chi connectivity index (χ4v) is 3.39. The summed E-state index contributed by atoms with van der Waals surface area (Å²) in [6.45, 7) is 7.61. The maximum Gasteiger partial charge on any atom is 0.238 e. The van der Waals surface area contributed by atoms with E-state index < -0.39 is 16.9 Å². The van der Waals surface area contributed by atoms with Gasteiger partial charge in [0.2, 0.25) is 11.2 Å². The van der Waals surface area contributed by atoms with E-state index in [1.807, 2.05) is 45.9 Å². The van der Waals surface area contributed by atoms with Crippen LogP contribution in [0.2, 0.25) is 0 Å². The molecule has 6 nitrogen and oxygen atoms in total. The van der Waals surface area contributed by atoms with E-state index >= 15 is 0 Å². The SMILES string of the molecule is CC(C)=CCc1c(O)c(CC=C(C)C)c2oc(-c3ccc(C#N)cc3)c(O)c(=O)c2c1O. The molecule has 0 spiro atoms. The number of benzene rings is 2. The van der Waals surface area contributed by atoms with E-state index in [0.29, 0.717) is 16.7 Å². The fraction of sp³-hybridized carbons (Fsp3) is 0.231. The molecule has 3 rings (SSSR count). The highest BCUT2D eigenvalue weighted by Gasteiger charge is 2.25. The quantitative estimate of drug-likeness (QED) is 0.462. The highest BCUT2D eigenvalue weighted by atomic mass is 16.4. The summed E-state index contributed by atoms with van der Waals surface area (Å²) in [6, 6.07) is 8.20. The Morgan fingerprint density at radius 2 is 1.47 bits per heavy atom. The minimum atomic E-state index is -0.792. The monoisotopic (exact) mass is 431 g/mol. The van der Waals surface area contributed by atoms with Crippen molar-refractivity contribution in [1.29, 1.82) is 5.26 Å². The van der Waals surface area contributed by atoms with Crippen LogP contribution in [0.15, 0.2) is 56.8 Å². The van der Waals surface area contributed by atoms with Gasteiger partial charge < -0.3 is 19.7 Å². The number of nitrogens with zero attached hydrogens (tertiary/aromatic N) is 1. The van der Waals surface area contributed by atoms with Crippen molar-refractivity contribution in [1.82, 2.24) is 0 Å². The molecule has 0 aliphatic heterocycles. The van der Waals surface area contributed by atoms with Crippen LogP contribution < -0.4 is 5.43 Å². The van der Waals surface area contributed by atoms with Gasteiger partial charge in [0.1, 0.15) is 22.5 Å². The number of allylic oxidation sites excluding steroid dienone is 4. The lowest BCUT2D eigenvalue weighted by Crippen LogP contribution is -2.06. The maximum atomic E-state index is 13.1. The van der Waals surface area contributed by atoms with E-state index in [1.54, 1.807) is 24.3 Å². The third-order valence-corrected chi connectivity index (χ3v) is 5.16. The molecule has 32 heavy (non-hydrogen) atoms. The standard InChI is InChI=1S/C26H25NO5/c1-14(2)5-11-18-21(28)19(12-6-15(3)4)26-20(22(18)29)23(30)24(31)25(32-26)17-9-7-16(13-27)8-10-17/h5-10,28-29,31H,11-12H2,1-4H3. The second kappa shape index (κ2) is 9.03. The van der Waals surface area contributed by atoms with Crippen molar-refractivity contribution in [2.45, 2.75) is 40.5 Å². The van der Waals surface area contributed by atoms with Crippen LogP contribution >= 0.6 is 0 Å². The first kappa shape index (κ1) is 22.7. The lowest BCUT2D eigenvalue weighted by Gasteiger charge is -2.15. The third-order valence-electron chi connectivity index (χ3n) is 5.16. The van der Waals surface area contributed by atoms with Crippen LogP contribution in [0.1, 0.15) is 44.4 Å². The van der Waals surface area contributed by atoms with Crippen molar-refractivity contribution in [3.05, 3.63) is 74.5 Å². The van der Waals surface area contributed by atoms with Gasteiger partial charge in [0, 0.05) is 16.7 Å². The predicted octanol–water partition coefficient (Wildman–Crippen LogP) is 5.47. The van der Waals surface area contributed by atoms with Crippen LogP contribution in [-0.2, 0) is 12.8 Å². The molecule has 3 N–H and O–H groups in total. The largest absolute Gasteiger partial charge is 0.507 e. The molecule has 0 aliphatic carbocycles. The van der Waals surface area contributed by atoms with Crippen LogP contribution in [-0.4, -0.2) is 15.3 Å². The van der Waals surface area contributed by atoms with E-state index in [0.717, 1.165) is 11.1 Å². The van der Waals surface area contributed by atoms with E-state index in [2.05, 4.69) is 0 Å². The Labute approximate surface area is 186 Å². The van der Waals surface area contributed by atoms with E-state index in [-0.39, 0.29) is 40.9 Å². The molecular formula is C26H25NO5. The van der Waals surface area contributed by atoms with Gasteiger partial charge in [-0.2, -0.15) is 5.26 Å². The zero-order valence-electron chi connectivity index (χ0n) is 18.5. The Kier molecular flexibility index (Phi) is 6.40. The number of fused-ring (bicyclic) bond motifs is 1. The Morgan fingerprint density at radius 1 is 0.906 bits per heavy atom. The zero-order valence-corrected chi connectivity index (χ0v) is 18.5. The van der Waals surface area contributed by atoms with Gasteiger partial charge >= 0.3 is 0 Å². The summed E-state index contributed by atoms with van der Waals surface area (Å²) in [5, 5.41) is 41.3. The van der Waals surface area contributed by atoms with E-state index in [4.69, 9.17) is 9.68 Å². The van der Waals surface area contributed by atoms with Crippen molar-refractivity contribution < 1.29 is 19.7 Å². The number of hydrogen-bond acceptors (Lipinski definition) is 6. The normalized spacial score (nSPS) is 10.6. The second-order valence-electron chi connectivity index (χ2n) is 8.13. The summed E-state index contributed by atoms with van der Waals surface area (Å²) in [6.07, 6.45) is 4.20. The van der Waals surface area contributed by atoms with Gasteiger partial charge in [-0.05, 0) is 64.8 Å². The van der Waals surface area contributed by atoms with Gasteiger partial charge in [0.25, 0.3) is 0 Å². The average molecular weight is 431 g/mol. The highest BCUT2D eigenvalue weighted by Crippen LogP contribution is 2.42. The molecule has 0 bridgehead atoms. The first-order chi connectivity index (χ1) is 15.1. The van der Waals surface area contributed by atoms with Crippen LogP contribution in [0.4, 0.5) is 0 Å². The topological polar surface area (TPSA) is 115 Å². The zero-order chi connectivity index (χ0) is 23.6. The Bertz CT molecular complexity index is 1340. The summed E-state index contributed by atoms with van der Waals surface area (Å²) in [5.74, 6) is -1.30. The van der Waals surface area contributed by atoms with Crippen molar-refractivity contribution in [3.8, 4) is 34.6 Å². The lowest BCUT2D eigenvalue weighted by molar-refractivity contribution is 0.430. The summed E-state index contributed by atoms with van der Waals surface area (Å²) < 4.78 is 5.94. The molecule has 0 saturated heterocycles. The second-order valence-corrected chi connectivity index (χ2v) is 8.13. The molecule has 0 amide bonds. The Morgan fingerprint density at radius 3 is 2.00 bits per heavy atom. The van der Waals surface area contributed by atoms with Crippen LogP contribution in [0, 0.1) is 11.3 Å². The molecule has 1 aromatic heterocycles. The molecule has 2 aromatic carbocycles. The van der Waals surface area contributed by atoms with Gasteiger partial charge in [0.15, 0.2) is 5.76 Å². The Hall–Kier alpha value is -3.98. The highest BCUT2D eigenvalue weighted by molar-refractivity contribution is 5.93. The first-order valence-electron chi connectivity index (χ1n) is 10.2. The van der Waals surface area contributed by atoms with Gasteiger partial charge in [-0.15, -0.1) is 0 Å². The number of rotatable bonds is 5. The molecule has 0 radical (unpaired) electrons. The van der Waals surface area contributed by atoms with Crippen molar-refractivity contribution in [2.24, 2.45) is 0 Å². The molecule has 0 unspecified atom stereocenters. The number of hydrogen-bond donors (Lipinski definition) is 3. The summed E-state index contributed by atoms with van der Waals surface area (Å²) in [5.41, 5.74) is 2.57. The van der Waals surface area contributed by atoms with Gasteiger partial charge in [-0.1, -0.05) is 23.3 Å². The predicted molar refractivity (Wildman–Crippen MR) is 124 cm³/mol. The smallest absolute Gasteiger partial charge is 0.238 e. The molecule has 0 atom stereocenters. The number of phenolic OH excluding ortho intramolecular Hbond substituents is 2. The molecule has 0 fully saturated rings. The molecule has 6 heteroatoms. The Balaban J connectivity index is 2.40. The number of aromatic hydroxyl groups is 3. The summed E-state index contributed by atoms with van der Waals surface area (Å²) in [7, 11) is 0. The molecule has 164 valence electrons. The molecule has 0 saturated carbocycles. The summed E-state index contributed by atoms with van der Waals surface area (Å²) in [4.78, 5) is 13.1. The minimum absolute atomic E-state index is 0.0145. The van der Waals surface area contributed by atoms with Gasteiger partial charge in [0.05, 0.1) is 11.6 Å². The van der Waals surface area contributed by atoms with Crippen molar-refractivity contribution in [3.63, 3.8) is 0 Å². The van der Waals surface area contributed by atoms with Gasteiger partial charge in [-0.3, -0.25) is 4.79 Å². The average Bonchev–Trinajstić information content (AvgIpc) is 2.75. The molecule has 1 heterocycles. The van der Waals surface area contributed by atoms with Crippen molar-refractivity contribution in [2.75, 3.05) is 0 Å². The molecular weight excluding hydrogens is 406 g/mol. The number of phenols is 2. The first-order valence-corrected chi connectivity index (χ1v) is 10.2. The molecule has 0 aliphatic rings. The van der Waals surface area contributed by atoms with E-state index in [1.165, 1.54) is 0 Å².